The molecule has 0 aliphatic carbocycles. The molecule has 0 saturated carbocycles. The highest BCUT2D eigenvalue weighted by atomic mass is 16.7. The van der Waals surface area contributed by atoms with Crippen LogP contribution in [0.5, 0.6) is 5.75 Å². The van der Waals surface area contributed by atoms with E-state index in [1.165, 1.54) is 0 Å². The fourth-order valence-corrected chi connectivity index (χ4v) is 6.30. The molecular formula is C41H46N2O5. The Morgan fingerprint density at radius 1 is 0.792 bits per heavy atom. The van der Waals surface area contributed by atoms with E-state index in [2.05, 4.69) is 36.5 Å². The summed E-state index contributed by atoms with van der Waals surface area (Å²) in [5, 5.41) is 17.4. The molecule has 0 spiro atoms. The smallest absolute Gasteiger partial charge is 0.428 e. The molecule has 0 unspecified atom stereocenters. The summed E-state index contributed by atoms with van der Waals surface area (Å²) in [7, 11) is 1.64. The molecular weight excluding hydrogens is 600 g/mol. The third kappa shape index (κ3) is 8.05. The molecule has 5 aromatic rings. The largest absolute Gasteiger partial charge is 0.497 e. The van der Waals surface area contributed by atoms with Gasteiger partial charge in [-0.2, -0.15) is 0 Å². The predicted octanol–water partition coefficient (Wildman–Crippen LogP) is 8.59. The Balaban J connectivity index is 1.57. The van der Waals surface area contributed by atoms with E-state index in [1.807, 2.05) is 110 Å². The summed E-state index contributed by atoms with van der Waals surface area (Å²) < 4.78 is 11.9. The van der Waals surface area contributed by atoms with Crippen molar-refractivity contribution in [3.05, 3.63) is 150 Å². The summed E-state index contributed by atoms with van der Waals surface area (Å²) in [5.74, 6) is 0.709. The third-order valence-corrected chi connectivity index (χ3v) is 8.67. The Morgan fingerprint density at radius 2 is 1.40 bits per heavy atom. The monoisotopic (exact) mass is 646 g/mol. The van der Waals surface area contributed by atoms with Crippen molar-refractivity contribution in [2.45, 2.75) is 63.9 Å². The van der Waals surface area contributed by atoms with E-state index in [9.17, 15) is 9.90 Å². The molecule has 5 rings (SSSR count). The number of rotatable bonds is 16. The number of nitrogens with zero attached hydrogens (tertiary/aromatic N) is 1. The maximum atomic E-state index is 13.7. The minimum absolute atomic E-state index is 0.243. The summed E-state index contributed by atoms with van der Waals surface area (Å²) in [6.45, 7) is 4.71. The van der Waals surface area contributed by atoms with Gasteiger partial charge in [-0.3, -0.25) is 5.32 Å². The average Bonchev–Trinajstić information content (AvgIpc) is 3.13. The molecule has 5 aromatic carbocycles. The van der Waals surface area contributed by atoms with Gasteiger partial charge in [-0.1, -0.05) is 135 Å². The lowest BCUT2D eigenvalue weighted by atomic mass is 9.76. The number of carbonyl (C=O) groups excluding carboxylic acids is 1. The molecule has 250 valence electrons. The summed E-state index contributed by atoms with van der Waals surface area (Å²) in [6.07, 6.45) is 1.43. The lowest BCUT2D eigenvalue weighted by Crippen LogP contribution is -2.55. The van der Waals surface area contributed by atoms with E-state index in [0.29, 0.717) is 18.8 Å². The Morgan fingerprint density at radius 3 is 2.04 bits per heavy atom. The molecule has 1 amide bonds. The van der Waals surface area contributed by atoms with Gasteiger partial charge in [0.15, 0.2) is 0 Å². The zero-order valence-corrected chi connectivity index (χ0v) is 28.0. The van der Waals surface area contributed by atoms with Crippen molar-refractivity contribution >= 4 is 16.9 Å². The van der Waals surface area contributed by atoms with E-state index >= 15 is 0 Å². The first-order chi connectivity index (χ1) is 23.5. The van der Waals surface area contributed by atoms with Crippen LogP contribution in [0.15, 0.2) is 127 Å². The quantitative estimate of drug-likeness (QED) is 0.0484. The highest BCUT2D eigenvalue weighted by Gasteiger charge is 2.47. The number of amides is 1. The number of hydrogen-bond acceptors (Lipinski definition) is 6. The number of aliphatic hydroxyl groups is 1. The van der Waals surface area contributed by atoms with Crippen LogP contribution in [0.25, 0.3) is 10.8 Å². The average molecular weight is 647 g/mol. The van der Waals surface area contributed by atoms with Gasteiger partial charge in [0.25, 0.3) is 0 Å². The zero-order valence-electron chi connectivity index (χ0n) is 28.0. The summed E-state index contributed by atoms with van der Waals surface area (Å²) in [5.41, 5.74) is 2.60. The van der Waals surface area contributed by atoms with E-state index in [0.717, 1.165) is 52.3 Å². The number of ether oxygens (including phenoxy) is 2. The Hall–Kier alpha value is -4.69. The maximum absolute atomic E-state index is 13.7. The van der Waals surface area contributed by atoms with Crippen LogP contribution < -0.4 is 10.1 Å². The summed E-state index contributed by atoms with van der Waals surface area (Å²) in [4.78, 5) is 20.0. The minimum atomic E-state index is -1.11. The van der Waals surface area contributed by atoms with Crippen LogP contribution in [-0.4, -0.2) is 42.2 Å². The molecule has 2 N–H and O–H groups in total. The van der Waals surface area contributed by atoms with Crippen molar-refractivity contribution < 1.29 is 24.2 Å². The lowest BCUT2D eigenvalue weighted by Gasteiger charge is -2.46. The maximum Gasteiger partial charge on any atom is 0.428 e. The Bertz CT molecular complexity index is 1670. The number of hydroxylamine groups is 2. The summed E-state index contributed by atoms with van der Waals surface area (Å²) >= 11 is 0. The van der Waals surface area contributed by atoms with Crippen LogP contribution in [0, 0.1) is 0 Å². The van der Waals surface area contributed by atoms with Gasteiger partial charge in [0.1, 0.15) is 17.5 Å². The van der Waals surface area contributed by atoms with E-state index in [-0.39, 0.29) is 6.61 Å². The first-order valence-electron chi connectivity index (χ1n) is 16.7. The Kier molecular flexibility index (Phi) is 12.2. The van der Waals surface area contributed by atoms with Crippen LogP contribution in [0.2, 0.25) is 0 Å². The van der Waals surface area contributed by atoms with Gasteiger partial charge in [-0.15, -0.1) is 5.06 Å². The first kappa shape index (κ1) is 34.6. The van der Waals surface area contributed by atoms with Crippen molar-refractivity contribution in [2.24, 2.45) is 0 Å². The fraction of sp³-hybridized carbons (Fsp3) is 0.293. The van der Waals surface area contributed by atoms with Crippen molar-refractivity contribution in [3.63, 3.8) is 0 Å². The van der Waals surface area contributed by atoms with Gasteiger partial charge in [0.2, 0.25) is 0 Å². The summed E-state index contributed by atoms with van der Waals surface area (Å²) in [6, 6.07) is 41.8. The molecule has 0 saturated heterocycles. The number of nitrogens with one attached hydrogen (secondary N) is 1. The highest BCUT2D eigenvalue weighted by molar-refractivity contribution is 5.85. The third-order valence-electron chi connectivity index (χ3n) is 8.67. The number of carbonyl (C=O) groups is 1. The number of fused-ring (bicyclic) bond motifs is 1. The van der Waals surface area contributed by atoms with Gasteiger partial charge in [-0.05, 0) is 64.9 Å². The van der Waals surface area contributed by atoms with Crippen molar-refractivity contribution in [2.75, 3.05) is 13.7 Å². The molecule has 0 aromatic heterocycles. The van der Waals surface area contributed by atoms with Crippen molar-refractivity contribution in [3.8, 4) is 5.75 Å². The Labute approximate surface area is 284 Å². The van der Waals surface area contributed by atoms with Crippen LogP contribution in [-0.2, 0) is 21.7 Å². The molecule has 48 heavy (non-hydrogen) atoms. The molecule has 2 atom stereocenters. The predicted molar refractivity (Wildman–Crippen MR) is 190 cm³/mol. The van der Waals surface area contributed by atoms with Crippen molar-refractivity contribution in [1.29, 1.82) is 0 Å². The van der Waals surface area contributed by atoms with Crippen LogP contribution in [0.3, 0.4) is 0 Å². The molecule has 0 aliphatic rings. The minimum Gasteiger partial charge on any atom is -0.497 e. The SMILES string of the molecule is CCCCC[C@H](O)NC(=O)ON([C@@H](C)COCc1cccc2ccccc12)C(c1ccccc1)(c1ccccc1)c1ccc(OC)cc1. The van der Waals surface area contributed by atoms with E-state index < -0.39 is 23.9 Å². The number of unbranched alkanes of at least 4 members (excludes halogenated alkanes) is 2. The standard InChI is InChI=1S/C41H46N2O5/c1-4-5-8-24-39(44)42-40(45)48-43(31(2)29-47-30-33-18-15-17-32-16-13-14-23-38(32)33)41(34-19-9-6-10-20-34,35-21-11-7-12-22-35)36-25-27-37(46-3)28-26-36/h6-7,9-23,25-28,31,39,44H,4-5,8,24,29-30H2,1-3H3,(H,42,45)/t31-,39-/m0/s1. The first-order valence-corrected chi connectivity index (χ1v) is 16.7. The zero-order chi connectivity index (χ0) is 33.8. The lowest BCUT2D eigenvalue weighted by molar-refractivity contribution is -0.191. The number of methoxy groups -OCH3 is 1. The molecule has 0 bridgehead atoms. The molecule has 0 radical (unpaired) electrons. The second-order valence-corrected chi connectivity index (χ2v) is 12.0. The second kappa shape index (κ2) is 16.9. The van der Waals surface area contributed by atoms with Gasteiger partial charge in [0.05, 0.1) is 26.4 Å². The normalized spacial score (nSPS) is 12.9. The van der Waals surface area contributed by atoms with Gasteiger partial charge in [0, 0.05) is 0 Å². The van der Waals surface area contributed by atoms with Crippen molar-refractivity contribution in [1.82, 2.24) is 10.4 Å². The van der Waals surface area contributed by atoms with Gasteiger partial charge in [-0.25, -0.2) is 4.79 Å². The highest BCUT2D eigenvalue weighted by Crippen LogP contribution is 2.44. The van der Waals surface area contributed by atoms with E-state index in [4.69, 9.17) is 14.3 Å². The van der Waals surface area contributed by atoms with Crippen LogP contribution in [0.4, 0.5) is 4.79 Å². The molecule has 0 fully saturated rings. The van der Waals surface area contributed by atoms with Gasteiger partial charge < -0.3 is 19.4 Å². The molecule has 7 heteroatoms. The van der Waals surface area contributed by atoms with Crippen LogP contribution >= 0.6 is 0 Å². The number of hydrogen-bond donors (Lipinski definition) is 2. The second-order valence-electron chi connectivity index (χ2n) is 12.0. The van der Waals surface area contributed by atoms with Gasteiger partial charge >= 0.3 is 6.09 Å². The molecule has 7 nitrogen and oxygen atoms in total. The fourth-order valence-electron chi connectivity index (χ4n) is 6.30. The topological polar surface area (TPSA) is 80.3 Å². The number of benzene rings is 5. The van der Waals surface area contributed by atoms with Crippen LogP contribution in [0.1, 0.15) is 61.8 Å². The number of aliphatic hydroxyl groups excluding tert-OH is 1. The van der Waals surface area contributed by atoms with E-state index in [1.54, 1.807) is 12.2 Å². The molecule has 0 heterocycles. The molecule has 0 aliphatic heterocycles.